The number of ether oxygens (including phenoxy) is 3. The van der Waals surface area contributed by atoms with E-state index in [4.69, 9.17) is 14.2 Å². The summed E-state index contributed by atoms with van der Waals surface area (Å²) in [4.78, 5) is 11.1. The number of hydrogen-bond acceptors (Lipinski definition) is 4. The van der Waals surface area contributed by atoms with E-state index in [1.807, 2.05) is 49.4 Å². The Morgan fingerprint density at radius 2 is 1.85 bits per heavy atom. The van der Waals surface area contributed by atoms with Crippen molar-refractivity contribution >= 4 is 5.69 Å². The van der Waals surface area contributed by atoms with E-state index < -0.39 is 0 Å². The number of nitroso groups, excluding NO2 is 1. The highest BCUT2D eigenvalue weighted by molar-refractivity contribution is 5.49. The number of rotatable bonds is 7. The molecule has 1 aliphatic carbocycles. The number of benzene rings is 1. The molecule has 0 aliphatic heterocycles. The Morgan fingerprint density at radius 3 is 2.48 bits per heavy atom. The van der Waals surface area contributed by atoms with Crippen LogP contribution in [0.15, 0.2) is 54.3 Å². The molecule has 1 aromatic carbocycles. The van der Waals surface area contributed by atoms with Gasteiger partial charge in [0.1, 0.15) is 11.5 Å². The molecule has 5 heteroatoms. The molecule has 1 unspecified atom stereocenters. The number of nitrogens with one attached hydrogen (secondary N) is 1. The third kappa shape index (κ3) is 8.11. The molecule has 1 atom stereocenters. The topological polar surface area (TPSA) is 58.7 Å². The molecular formula is C22H32NO4+. The Bertz CT molecular complexity index is 684. The van der Waals surface area contributed by atoms with Gasteiger partial charge in [0.05, 0.1) is 20.3 Å². The van der Waals surface area contributed by atoms with Crippen molar-refractivity contribution in [1.29, 1.82) is 0 Å². The summed E-state index contributed by atoms with van der Waals surface area (Å²) in [6, 6.07) is 5.17. The Morgan fingerprint density at radius 1 is 1.11 bits per heavy atom. The molecule has 1 N–H and O–H groups in total. The van der Waals surface area contributed by atoms with E-state index in [1.54, 1.807) is 25.3 Å². The van der Waals surface area contributed by atoms with Gasteiger partial charge in [0.25, 0.3) is 5.69 Å². The summed E-state index contributed by atoms with van der Waals surface area (Å²) in [5.74, 6) is 2.11. The first-order valence-electron chi connectivity index (χ1n) is 9.30. The van der Waals surface area contributed by atoms with Crippen molar-refractivity contribution in [3.8, 4) is 11.5 Å². The summed E-state index contributed by atoms with van der Waals surface area (Å²) in [7, 11) is 1.64. The average molecular weight is 375 g/mol. The minimum Gasteiger partial charge on any atom is -0.497 e. The van der Waals surface area contributed by atoms with E-state index in [9.17, 15) is 4.91 Å². The lowest BCUT2D eigenvalue weighted by Crippen LogP contribution is -2.55. The van der Waals surface area contributed by atoms with Crippen LogP contribution in [0.3, 0.4) is 0 Å². The van der Waals surface area contributed by atoms with Gasteiger partial charge in [-0.15, -0.1) is 0 Å². The van der Waals surface area contributed by atoms with Crippen LogP contribution in [-0.4, -0.2) is 20.3 Å². The van der Waals surface area contributed by atoms with Gasteiger partial charge in [-0.1, -0.05) is 52.8 Å². The van der Waals surface area contributed by atoms with Gasteiger partial charge < -0.3 is 14.2 Å². The first kappa shape index (κ1) is 22.5. The van der Waals surface area contributed by atoms with Crippen molar-refractivity contribution in [1.82, 2.24) is 0 Å². The molecule has 1 aliphatic rings. The maximum atomic E-state index is 11.1. The summed E-state index contributed by atoms with van der Waals surface area (Å²) < 4.78 is 16.9. The van der Waals surface area contributed by atoms with Crippen LogP contribution in [0, 0.1) is 16.2 Å². The van der Waals surface area contributed by atoms with Crippen LogP contribution in [0.1, 0.15) is 34.6 Å². The normalized spacial score (nSPS) is 15.8. The predicted molar refractivity (Wildman–Crippen MR) is 109 cm³/mol. The zero-order valence-electron chi connectivity index (χ0n) is 17.2. The van der Waals surface area contributed by atoms with Gasteiger partial charge in [-0.25, -0.2) is 0 Å². The fourth-order valence-corrected chi connectivity index (χ4v) is 2.16. The first-order valence-corrected chi connectivity index (χ1v) is 9.30. The number of hydrogen-bond donors (Lipinski definition) is 1. The maximum absolute atomic E-state index is 11.1. The molecule has 0 saturated heterocycles. The van der Waals surface area contributed by atoms with Crippen LogP contribution in [-0.2, 0) is 4.74 Å². The molecular weight excluding hydrogens is 342 g/mol. The first-order chi connectivity index (χ1) is 12.9. The molecule has 1 aromatic rings. The monoisotopic (exact) mass is 374 g/mol. The molecule has 27 heavy (non-hydrogen) atoms. The van der Waals surface area contributed by atoms with Crippen LogP contribution >= 0.6 is 0 Å². The van der Waals surface area contributed by atoms with Crippen molar-refractivity contribution in [2.24, 2.45) is 11.3 Å². The molecule has 0 bridgehead atoms. The van der Waals surface area contributed by atoms with Gasteiger partial charge in [-0.05, 0) is 23.6 Å². The van der Waals surface area contributed by atoms with Crippen LogP contribution in [0.2, 0.25) is 0 Å². The second-order valence-corrected chi connectivity index (χ2v) is 7.10. The Balaban J connectivity index is 0.00000176. The predicted octanol–water partition coefficient (Wildman–Crippen LogP) is 4.27. The van der Waals surface area contributed by atoms with Gasteiger partial charge in [0, 0.05) is 28.1 Å². The highest BCUT2D eigenvalue weighted by Crippen LogP contribution is 2.28. The van der Waals surface area contributed by atoms with Crippen molar-refractivity contribution in [3.05, 3.63) is 59.2 Å². The molecule has 0 heterocycles. The highest BCUT2D eigenvalue weighted by atomic mass is 16.5. The molecule has 0 saturated carbocycles. The van der Waals surface area contributed by atoms with E-state index in [2.05, 4.69) is 20.8 Å². The van der Waals surface area contributed by atoms with E-state index in [0.29, 0.717) is 30.4 Å². The van der Waals surface area contributed by atoms with E-state index in [0.717, 1.165) is 5.76 Å². The smallest absolute Gasteiger partial charge is 0.295 e. The number of allylic oxidation sites excluding steroid dienone is 3. The lowest BCUT2D eigenvalue weighted by Gasteiger charge is -2.19. The average Bonchev–Trinajstić information content (AvgIpc) is 2.91. The molecule has 148 valence electrons. The van der Waals surface area contributed by atoms with Gasteiger partial charge in [-0.2, -0.15) is 0 Å². The summed E-state index contributed by atoms with van der Waals surface area (Å²) in [6.45, 7) is 11.2. The third-order valence-corrected chi connectivity index (χ3v) is 3.53. The van der Waals surface area contributed by atoms with Gasteiger partial charge in [0.2, 0.25) is 0 Å². The molecule has 0 aromatic heterocycles. The van der Waals surface area contributed by atoms with E-state index in [-0.39, 0.29) is 11.3 Å². The summed E-state index contributed by atoms with van der Waals surface area (Å²) >= 11 is 0. The zero-order chi connectivity index (χ0) is 20.3. The van der Waals surface area contributed by atoms with Crippen molar-refractivity contribution in [3.63, 3.8) is 0 Å². The Hall–Kier alpha value is -2.56. The van der Waals surface area contributed by atoms with Crippen LogP contribution in [0.5, 0.6) is 11.5 Å². The molecule has 5 nitrogen and oxygen atoms in total. The standard InChI is InChI=1S/C20H25NO4.C2H6/c1-20(2,3)14-25-19-12-17(10-11-18(19)21-22)24-13-15-6-5-7-16(23-4)9-8-15;1-2/h5-12,15H,13-14H2,1-4H3;1-2H3/p+1. The minimum atomic E-state index is -0.000983. The van der Waals surface area contributed by atoms with Crippen LogP contribution < -0.4 is 14.7 Å². The lowest BCUT2D eigenvalue weighted by atomic mass is 9.99. The maximum Gasteiger partial charge on any atom is 0.295 e. The van der Waals surface area contributed by atoms with E-state index in [1.165, 1.54) is 0 Å². The Kier molecular flexibility index (Phi) is 9.34. The lowest BCUT2D eigenvalue weighted by molar-refractivity contribution is -0.380. The van der Waals surface area contributed by atoms with Crippen LogP contribution in [0.25, 0.3) is 0 Å². The van der Waals surface area contributed by atoms with Crippen LogP contribution in [0.4, 0.5) is 5.69 Å². The Labute approximate surface area is 162 Å². The van der Waals surface area contributed by atoms with Gasteiger partial charge >= 0.3 is 0 Å². The van der Waals surface area contributed by atoms with Gasteiger partial charge in [-0.3, -0.25) is 0 Å². The molecule has 0 spiro atoms. The second-order valence-electron chi connectivity index (χ2n) is 7.10. The van der Waals surface area contributed by atoms with Crippen molar-refractivity contribution in [2.75, 3.05) is 20.3 Å². The van der Waals surface area contributed by atoms with Crippen molar-refractivity contribution in [2.45, 2.75) is 34.6 Å². The quantitative estimate of drug-likeness (QED) is 0.774. The SMILES string of the molecule is CC.COC1=CC=CC(COc2ccc([NH+]=O)c(OCC(C)(C)C)c2)C=C1. The fraction of sp³-hybridized carbons (Fsp3) is 0.455. The summed E-state index contributed by atoms with van der Waals surface area (Å²) in [5.41, 5.74) is 0.402. The van der Waals surface area contributed by atoms with Gasteiger partial charge in [0.15, 0.2) is 5.75 Å². The molecule has 0 amide bonds. The third-order valence-electron chi connectivity index (χ3n) is 3.53. The molecule has 2 rings (SSSR count). The second kappa shape index (κ2) is 11.2. The number of methoxy groups -OCH3 is 1. The zero-order valence-corrected chi connectivity index (χ0v) is 17.2. The molecule has 0 radical (unpaired) electrons. The van der Waals surface area contributed by atoms with E-state index >= 15 is 0 Å². The van der Waals surface area contributed by atoms with Crippen molar-refractivity contribution < 1.29 is 19.4 Å². The largest absolute Gasteiger partial charge is 0.497 e. The minimum absolute atomic E-state index is 0.000983. The molecule has 0 fully saturated rings. The fourth-order valence-electron chi connectivity index (χ4n) is 2.16. The summed E-state index contributed by atoms with van der Waals surface area (Å²) in [6.07, 6.45) is 9.87. The summed E-state index contributed by atoms with van der Waals surface area (Å²) in [5, 5.41) is 1.91. The highest BCUT2D eigenvalue weighted by Gasteiger charge is 2.17.